The van der Waals surface area contributed by atoms with Crippen LogP contribution in [0, 0.1) is 5.82 Å². The number of benzene rings is 4. The van der Waals surface area contributed by atoms with Crippen molar-refractivity contribution in [3.63, 3.8) is 0 Å². The van der Waals surface area contributed by atoms with Crippen molar-refractivity contribution in [2.24, 2.45) is 0 Å². The molecule has 0 N–H and O–H groups in total. The van der Waals surface area contributed by atoms with Gasteiger partial charge in [0.1, 0.15) is 5.82 Å². The van der Waals surface area contributed by atoms with Gasteiger partial charge < -0.3 is 4.90 Å². The third-order valence-corrected chi connectivity index (χ3v) is 4.59. The molecule has 0 bridgehead atoms. The molecule has 0 fully saturated rings. The van der Waals surface area contributed by atoms with E-state index < -0.39 is 0 Å². The lowest BCUT2D eigenvalue weighted by atomic mass is 10.1. The van der Waals surface area contributed by atoms with E-state index in [0.717, 1.165) is 21.9 Å². The molecule has 4 aromatic rings. The fourth-order valence-corrected chi connectivity index (χ4v) is 3.28. The molecular formula is C24H20FN. The Kier molecular flexibility index (Phi) is 4.65. The van der Waals surface area contributed by atoms with Crippen molar-refractivity contribution in [2.75, 3.05) is 4.90 Å². The molecule has 0 saturated heterocycles. The molecule has 1 nitrogen and oxygen atoms in total. The molecule has 0 aromatic heterocycles. The summed E-state index contributed by atoms with van der Waals surface area (Å²) in [5.74, 6) is -0.185. The summed E-state index contributed by atoms with van der Waals surface area (Å²) < 4.78 is 14.9. The fraction of sp³-hybridized carbons (Fsp3) is 0.0833. The van der Waals surface area contributed by atoms with Crippen LogP contribution in [0.3, 0.4) is 0 Å². The third-order valence-electron chi connectivity index (χ3n) is 4.59. The van der Waals surface area contributed by atoms with Crippen molar-refractivity contribution in [2.45, 2.75) is 13.1 Å². The first kappa shape index (κ1) is 16.3. The Morgan fingerprint density at radius 1 is 0.577 bits per heavy atom. The van der Waals surface area contributed by atoms with Gasteiger partial charge in [-0.2, -0.15) is 0 Å². The lowest BCUT2D eigenvalue weighted by molar-refractivity contribution is 0.617. The number of nitrogens with zero attached hydrogens (tertiary/aromatic N) is 1. The summed E-state index contributed by atoms with van der Waals surface area (Å²) in [5, 5.41) is 1.98. The molecular weight excluding hydrogens is 321 g/mol. The molecule has 4 rings (SSSR count). The molecule has 0 atom stereocenters. The van der Waals surface area contributed by atoms with Gasteiger partial charge >= 0.3 is 0 Å². The number of fused-ring (bicyclic) bond motifs is 1. The van der Waals surface area contributed by atoms with Crippen molar-refractivity contribution in [3.05, 3.63) is 114 Å². The second-order valence-corrected chi connectivity index (χ2v) is 6.48. The molecule has 2 heteroatoms. The summed E-state index contributed by atoms with van der Waals surface area (Å²) in [4.78, 5) is 2.10. The van der Waals surface area contributed by atoms with Gasteiger partial charge in [-0.15, -0.1) is 0 Å². The molecule has 0 aliphatic carbocycles. The number of rotatable bonds is 5. The molecule has 0 saturated carbocycles. The second-order valence-electron chi connectivity index (χ2n) is 6.48. The van der Waals surface area contributed by atoms with Crippen LogP contribution in [0.4, 0.5) is 10.1 Å². The normalized spacial score (nSPS) is 10.8. The zero-order valence-electron chi connectivity index (χ0n) is 14.5. The Labute approximate surface area is 153 Å². The molecule has 0 spiro atoms. The Bertz CT molecular complexity index is 955. The lowest BCUT2D eigenvalue weighted by Gasteiger charge is -2.26. The first-order valence-electron chi connectivity index (χ1n) is 8.81. The minimum absolute atomic E-state index is 0.185. The van der Waals surface area contributed by atoms with Crippen molar-refractivity contribution in [3.8, 4) is 0 Å². The van der Waals surface area contributed by atoms with Crippen LogP contribution >= 0.6 is 0 Å². The Morgan fingerprint density at radius 3 is 1.58 bits per heavy atom. The summed E-state index contributed by atoms with van der Waals surface area (Å²) in [6.45, 7) is 1.32. The topological polar surface area (TPSA) is 3.24 Å². The van der Waals surface area contributed by atoms with Crippen molar-refractivity contribution >= 4 is 16.5 Å². The van der Waals surface area contributed by atoms with Gasteiger partial charge in [-0.05, 0) is 34.0 Å². The van der Waals surface area contributed by atoms with Crippen LogP contribution in [0.1, 0.15) is 11.1 Å². The zero-order valence-corrected chi connectivity index (χ0v) is 14.5. The molecule has 0 amide bonds. The highest BCUT2D eigenvalue weighted by Gasteiger charge is 2.14. The molecule has 128 valence electrons. The zero-order chi connectivity index (χ0) is 17.8. The van der Waals surface area contributed by atoms with E-state index in [1.54, 1.807) is 6.07 Å². The maximum absolute atomic E-state index is 14.9. The highest BCUT2D eigenvalue weighted by Crippen LogP contribution is 2.28. The first-order valence-corrected chi connectivity index (χ1v) is 8.81. The fourth-order valence-electron chi connectivity index (χ4n) is 3.28. The number of hydrogen-bond donors (Lipinski definition) is 0. The van der Waals surface area contributed by atoms with Crippen LogP contribution in [-0.4, -0.2) is 0 Å². The van der Waals surface area contributed by atoms with E-state index >= 15 is 0 Å². The van der Waals surface area contributed by atoms with E-state index in [1.807, 2.05) is 66.7 Å². The van der Waals surface area contributed by atoms with E-state index in [9.17, 15) is 4.39 Å². The van der Waals surface area contributed by atoms with Crippen LogP contribution in [-0.2, 0) is 13.1 Å². The Balaban J connectivity index is 1.75. The summed E-state index contributed by atoms with van der Waals surface area (Å²) >= 11 is 0. The third kappa shape index (κ3) is 3.60. The monoisotopic (exact) mass is 341 g/mol. The predicted molar refractivity (Wildman–Crippen MR) is 107 cm³/mol. The molecule has 26 heavy (non-hydrogen) atoms. The van der Waals surface area contributed by atoms with Gasteiger partial charge in [0.25, 0.3) is 0 Å². The smallest absolute Gasteiger partial charge is 0.147 e. The summed E-state index contributed by atoms with van der Waals surface area (Å²) in [6.07, 6.45) is 0. The van der Waals surface area contributed by atoms with Crippen molar-refractivity contribution < 1.29 is 4.39 Å². The van der Waals surface area contributed by atoms with Gasteiger partial charge in [0.05, 0.1) is 5.69 Å². The van der Waals surface area contributed by atoms with E-state index in [2.05, 4.69) is 29.2 Å². The van der Waals surface area contributed by atoms with E-state index in [1.165, 1.54) is 0 Å². The highest BCUT2D eigenvalue weighted by molar-refractivity contribution is 5.86. The van der Waals surface area contributed by atoms with E-state index in [-0.39, 0.29) is 5.82 Å². The second kappa shape index (κ2) is 7.40. The van der Waals surface area contributed by atoms with E-state index in [4.69, 9.17) is 0 Å². The summed E-state index contributed by atoms with van der Waals surface area (Å²) in [7, 11) is 0. The van der Waals surface area contributed by atoms with Crippen LogP contribution < -0.4 is 4.90 Å². The van der Waals surface area contributed by atoms with Gasteiger partial charge in [-0.25, -0.2) is 4.39 Å². The maximum Gasteiger partial charge on any atom is 0.147 e. The predicted octanol–water partition coefficient (Wildman–Crippen LogP) is 6.19. The Hall–Kier alpha value is -3.13. The van der Waals surface area contributed by atoms with Gasteiger partial charge in [-0.1, -0.05) is 84.9 Å². The largest absolute Gasteiger partial charge is 0.360 e. The first-order chi connectivity index (χ1) is 12.8. The van der Waals surface area contributed by atoms with Crippen LogP contribution in [0.5, 0.6) is 0 Å². The highest BCUT2D eigenvalue weighted by atomic mass is 19.1. The SMILES string of the molecule is Fc1cc2ccccc2cc1N(Cc1ccccc1)Cc1ccccc1. The molecule has 0 aliphatic rings. The number of halogens is 1. The van der Waals surface area contributed by atoms with E-state index in [0.29, 0.717) is 18.8 Å². The molecule has 0 heterocycles. The number of hydrogen-bond acceptors (Lipinski definition) is 1. The van der Waals surface area contributed by atoms with Gasteiger partial charge in [0, 0.05) is 13.1 Å². The summed E-state index contributed by atoms with van der Waals surface area (Å²) in [5.41, 5.74) is 2.96. The average molecular weight is 341 g/mol. The number of anilines is 1. The molecule has 0 aliphatic heterocycles. The van der Waals surface area contributed by atoms with Crippen molar-refractivity contribution in [1.29, 1.82) is 0 Å². The molecule has 0 radical (unpaired) electrons. The van der Waals surface area contributed by atoms with Crippen LogP contribution in [0.15, 0.2) is 97.1 Å². The molecule has 4 aromatic carbocycles. The van der Waals surface area contributed by atoms with Crippen molar-refractivity contribution in [1.82, 2.24) is 0 Å². The summed E-state index contributed by atoms with van der Waals surface area (Å²) in [6, 6.07) is 31.9. The van der Waals surface area contributed by atoms with Gasteiger partial charge in [0.15, 0.2) is 0 Å². The average Bonchev–Trinajstić information content (AvgIpc) is 2.68. The maximum atomic E-state index is 14.9. The standard InChI is InChI=1S/C24H20FN/c25-23-15-21-13-7-8-14-22(21)16-24(23)26(17-19-9-3-1-4-10-19)18-20-11-5-2-6-12-20/h1-16H,17-18H2. The Morgan fingerprint density at radius 2 is 1.04 bits per heavy atom. The van der Waals surface area contributed by atoms with Crippen LogP contribution in [0.25, 0.3) is 10.8 Å². The van der Waals surface area contributed by atoms with Crippen LogP contribution in [0.2, 0.25) is 0 Å². The molecule has 0 unspecified atom stereocenters. The van der Waals surface area contributed by atoms with Gasteiger partial charge in [0.2, 0.25) is 0 Å². The lowest BCUT2D eigenvalue weighted by Crippen LogP contribution is -2.23. The van der Waals surface area contributed by atoms with Gasteiger partial charge in [-0.3, -0.25) is 0 Å². The quantitative estimate of drug-likeness (QED) is 0.418. The minimum Gasteiger partial charge on any atom is -0.360 e. The minimum atomic E-state index is -0.185.